The molecule has 132 valence electrons. The zero-order valence-corrected chi connectivity index (χ0v) is 15.4. The molecule has 5 nitrogen and oxygen atoms in total. The maximum atomic E-state index is 13.0. The van der Waals surface area contributed by atoms with Crippen molar-refractivity contribution in [3.8, 4) is 5.69 Å². The number of para-hydroxylation sites is 1. The number of benzene rings is 2. The summed E-state index contributed by atoms with van der Waals surface area (Å²) in [7, 11) is 0. The lowest BCUT2D eigenvalue weighted by Crippen LogP contribution is -2.57. The summed E-state index contributed by atoms with van der Waals surface area (Å²) in [6.45, 7) is 5.04. The number of carbonyl (C=O) groups is 1. The third-order valence-corrected chi connectivity index (χ3v) is 5.14. The number of hydrogen-bond donors (Lipinski definition) is 0. The van der Waals surface area contributed by atoms with Gasteiger partial charge in [0.15, 0.2) is 5.69 Å². The van der Waals surface area contributed by atoms with Crippen LogP contribution in [0, 0.1) is 5.41 Å². The number of aromatic nitrogens is 3. The van der Waals surface area contributed by atoms with Gasteiger partial charge in [0.25, 0.3) is 5.91 Å². The molecule has 0 radical (unpaired) electrons. The first-order valence-corrected chi connectivity index (χ1v) is 8.88. The van der Waals surface area contributed by atoms with Gasteiger partial charge in [-0.3, -0.25) is 4.79 Å². The van der Waals surface area contributed by atoms with Crippen LogP contribution in [0.5, 0.6) is 0 Å². The predicted molar refractivity (Wildman–Crippen MR) is 100 cm³/mol. The molecule has 1 aromatic heterocycles. The highest BCUT2D eigenvalue weighted by atomic mass is 35.5. The highest BCUT2D eigenvalue weighted by Gasteiger charge is 2.49. The predicted octanol–water partition coefficient (Wildman–Crippen LogP) is 4.14. The van der Waals surface area contributed by atoms with E-state index in [1.807, 2.05) is 41.3 Å². The summed E-state index contributed by atoms with van der Waals surface area (Å²) in [5.41, 5.74) is 2.18. The highest BCUT2D eigenvalue weighted by Crippen LogP contribution is 2.48. The van der Waals surface area contributed by atoms with Crippen LogP contribution in [-0.4, -0.2) is 32.3 Å². The Balaban J connectivity index is 1.62. The molecule has 4 rings (SSSR count). The van der Waals surface area contributed by atoms with Gasteiger partial charge in [-0.1, -0.05) is 73.1 Å². The van der Waals surface area contributed by atoms with Crippen LogP contribution in [0.25, 0.3) is 5.69 Å². The van der Waals surface area contributed by atoms with E-state index in [1.54, 1.807) is 12.3 Å². The molecule has 0 saturated carbocycles. The minimum absolute atomic E-state index is 0.0236. The lowest BCUT2D eigenvalue weighted by atomic mass is 9.71. The summed E-state index contributed by atoms with van der Waals surface area (Å²) >= 11 is 6.21. The first-order valence-electron chi connectivity index (χ1n) is 8.50. The Bertz CT molecular complexity index is 951. The van der Waals surface area contributed by atoms with E-state index < -0.39 is 0 Å². The van der Waals surface area contributed by atoms with Gasteiger partial charge in [0.05, 0.1) is 22.9 Å². The Morgan fingerprint density at radius 2 is 1.81 bits per heavy atom. The van der Waals surface area contributed by atoms with Crippen LogP contribution >= 0.6 is 11.6 Å². The van der Waals surface area contributed by atoms with Crippen LogP contribution in [0.1, 0.15) is 35.9 Å². The second-order valence-corrected chi connectivity index (χ2v) is 7.64. The maximum Gasteiger partial charge on any atom is 0.276 e. The largest absolute Gasteiger partial charge is 0.329 e. The molecule has 6 heteroatoms. The van der Waals surface area contributed by atoms with Gasteiger partial charge in [-0.2, -0.15) is 0 Å². The van der Waals surface area contributed by atoms with Gasteiger partial charge in [0.2, 0.25) is 0 Å². The fourth-order valence-corrected chi connectivity index (χ4v) is 3.87. The fourth-order valence-electron chi connectivity index (χ4n) is 3.65. The lowest BCUT2D eigenvalue weighted by Gasteiger charge is -2.54. The van der Waals surface area contributed by atoms with E-state index >= 15 is 0 Å². The molecule has 26 heavy (non-hydrogen) atoms. The Kier molecular flexibility index (Phi) is 4.04. The topological polar surface area (TPSA) is 51.0 Å². The van der Waals surface area contributed by atoms with Crippen molar-refractivity contribution in [2.24, 2.45) is 5.41 Å². The molecule has 2 aromatic carbocycles. The molecule has 0 bridgehead atoms. The minimum Gasteiger partial charge on any atom is -0.329 e. The van der Waals surface area contributed by atoms with E-state index in [2.05, 4.69) is 36.3 Å². The van der Waals surface area contributed by atoms with E-state index in [9.17, 15) is 4.79 Å². The van der Waals surface area contributed by atoms with Gasteiger partial charge in [-0.05, 0) is 17.7 Å². The number of halogens is 1. The molecule has 1 unspecified atom stereocenters. The molecule has 0 aliphatic carbocycles. The molecule has 1 amide bonds. The average molecular weight is 367 g/mol. The number of carbonyl (C=O) groups excluding carboxylic acids is 1. The number of hydrogen-bond acceptors (Lipinski definition) is 3. The highest BCUT2D eigenvalue weighted by molar-refractivity contribution is 6.32. The first-order chi connectivity index (χ1) is 12.5. The van der Waals surface area contributed by atoms with Gasteiger partial charge >= 0.3 is 0 Å². The van der Waals surface area contributed by atoms with Crippen molar-refractivity contribution in [2.45, 2.75) is 19.9 Å². The third kappa shape index (κ3) is 2.78. The molecule has 2 heterocycles. The quantitative estimate of drug-likeness (QED) is 0.699. The Labute approximate surface area is 157 Å². The molecule has 1 aliphatic heterocycles. The van der Waals surface area contributed by atoms with E-state index in [1.165, 1.54) is 4.68 Å². The van der Waals surface area contributed by atoms with Crippen LogP contribution in [-0.2, 0) is 0 Å². The van der Waals surface area contributed by atoms with E-state index in [4.69, 9.17) is 11.6 Å². The average Bonchev–Trinajstić information content (AvgIpc) is 3.10. The van der Waals surface area contributed by atoms with Crippen LogP contribution in [0.4, 0.5) is 0 Å². The second kappa shape index (κ2) is 6.25. The molecule has 1 saturated heterocycles. The van der Waals surface area contributed by atoms with E-state index in [0.29, 0.717) is 22.9 Å². The lowest BCUT2D eigenvalue weighted by molar-refractivity contribution is -0.0326. The summed E-state index contributed by atoms with van der Waals surface area (Å²) in [6, 6.07) is 17.5. The van der Waals surface area contributed by atoms with Crippen molar-refractivity contribution in [3.63, 3.8) is 0 Å². The van der Waals surface area contributed by atoms with Crippen molar-refractivity contribution < 1.29 is 4.79 Å². The van der Waals surface area contributed by atoms with Crippen LogP contribution in [0.2, 0.25) is 5.02 Å². The van der Waals surface area contributed by atoms with Gasteiger partial charge in [-0.15, -0.1) is 5.10 Å². The van der Waals surface area contributed by atoms with Crippen molar-refractivity contribution >= 4 is 17.5 Å². The molecular formula is C20H19ClN4O. The zero-order valence-electron chi connectivity index (χ0n) is 14.6. The van der Waals surface area contributed by atoms with Crippen molar-refractivity contribution in [1.82, 2.24) is 19.9 Å². The summed E-state index contributed by atoms with van der Waals surface area (Å²) in [5.74, 6) is -0.114. The summed E-state index contributed by atoms with van der Waals surface area (Å²) in [4.78, 5) is 14.9. The molecule has 1 atom stereocenters. The maximum absolute atomic E-state index is 13.0. The van der Waals surface area contributed by atoms with Crippen molar-refractivity contribution in [2.75, 3.05) is 6.54 Å². The molecule has 0 spiro atoms. The van der Waals surface area contributed by atoms with E-state index in [-0.39, 0.29) is 17.4 Å². The smallest absolute Gasteiger partial charge is 0.276 e. The molecule has 0 N–H and O–H groups in total. The van der Waals surface area contributed by atoms with Gasteiger partial charge in [0.1, 0.15) is 0 Å². The number of rotatable bonds is 3. The number of nitrogens with zero attached hydrogens (tertiary/aromatic N) is 4. The van der Waals surface area contributed by atoms with Crippen LogP contribution < -0.4 is 0 Å². The normalized spacial score (nSPS) is 18.4. The number of likely N-dealkylation sites (tertiary alicyclic amines) is 1. The standard InChI is InChI=1S/C20H19ClN4O/c1-20(2)13-24(18(20)14-8-4-3-5-9-14)19(26)16-12-25(23-22-16)17-11-7-6-10-15(17)21/h3-12,18H,13H2,1-2H3. The molecule has 3 aromatic rings. The second-order valence-electron chi connectivity index (χ2n) is 7.23. The monoisotopic (exact) mass is 366 g/mol. The van der Waals surface area contributed by atoms with Gasteiger partial charge in [0, 0.05) is 12.0 Å². The zero-order chi connectivity index (χ0) is 18.3. The molecule has 1 aliphatic rings. The van der Waals surface area contributed by atoms with Crippen molar-refractivity contribution in [1.29, 1.82) is 0 Å². The summed E-state index contributed by atoms with van der Waals surface area (Å²) < 4.78 is 1.54. The summed E-state index contributed by atoms with van der Waals surface area (Å²) in [5, 5.41) is 8.71. The Hall–Kier alpha value is -2.66. The first kappa shape index (κ1) is 16.8. The molecular weight excluding hydrogens is 348 g/mol. The van der Waals surface area contributed by atoms with Crippen LogP contribution in [0.3, 0.4) is 0 Å². The third-order valence-electron chi connectivity index (χ3n) is 4.82. The Morgan fingerprint density at radius 3 is 2.50 bits per heavy atom. The number of amides is 1. The Morgan fingerprint density at radius 1 is 1.12 bits per heavy atom. The minimum atomic E-state index is -0.114. The SMILES string of the molecule is CC1(C)CN(C(=O)c2cn(-c3ccccc3Cl)nn2)C1c1ccccc1. The fraction of sp³-hybridized carbons (Fsp3) is 0.250. The van der Waals surface area contributed by atoms with Crippen molar-refractivity contribution in [3.05, 3.63) is 77.1 Å². The van der Waals surface area contributed by atoms with Crippen LogP contribution in [0.15, 0.2) is 60.8 Å². The van der Waals surface area contributed by atoms with Gasteiger partial charge < -0.3 is 4.90 Å². The van der Waals surface area contributed by atoms with Gasteiger partial charge in [-0.25, -0.2) is 4.68 Å². The molecule has 1 fully saturated rings. The van der Waals surface area contributed by atoms with E-state index in [0.717, 1.165) is 5.56 Å². The summed E-state index contributed by atoms with van der Waals surface area (Å²) in [6.07, 6.45) is 1.64.